The van der Waals surface area contributed by atoms with Crippen molar-refractivity contribution in [3.8, 4) is 11.1 Å². The number of nitrogens with one attached hydrogen (secondary N) is 1. The van der Waals surface area contributed by atoms with Gasteiger partial charge in [0.1, 0.15) is 5.82 Å². The number of methoxy groups -OCH3 is 1. The van der Waals surface area contributed by atoms with Crippen molar-refractivity contribution in [1.82, 2.24) is 10.2 Å². The minimum absolute atomic E-state index is 0.0733. The number of anilines is 1. The van der Waals surface area contributed by atoms with Crippen LogP contribution in [0.3, 0.4) is 0 Å². The van der Waals surface area contributed by atoms with E-state index in [1.807, 2.05) is 0 Å². The predicted molar refractivity (Wildman–Crippen MR) is 80.7 cm³/mol. The summed E-state index contributed by atoms with van der Waals surface area (Å²) in [6, 6.07) is 4.87. The van der Waals surface area contributed by atoms with Crippen LogP contribution in [0.4, 0.5) is 10.2 Å². The van der Waals surface area contributed by atoms with E-state index in [9.17, 15) is 4.39 Å². The molecule has 0 aliphatic heterocycles. The Hall–Kier alpha value is -1.59. The highest BCUT2D eigenvalue weighted by Crippen LogP contribution is 2.41. The first-order valence-electron chi connectivity index (χ1n) is 6.88. The van der Waals surface area contributed by atoms with Crippen LogP contribution in [0.15, 0.2) is 18.2 Å². The smallest absolute Gasteiger partial charge is 0.153 e. The summed E-state index contributed by atoms with van der Waals surface area (Å²) in [5, 5.41) is 7.01. The maximum Gasteiger partial charge on any atom is 0.153 e. The third-order valence-electron chi connectivity index (χ3n) is 4.29. The molecule has 112 valence electrons. The quantitative estimate of drug-likeness (QED) is 0.907. The molecule has 1 heterocycles. The summed E-state index contributed by atoms with van der Waals surface area (Å²) in [5.74, 6) is -0.203. The van der Waals surface area contributed by atoms with E-state index in [4.69, 9.17) is 22.1 Å². The van der Waals surface area contributed by atoms with Crippen LogP contribution < -0.4 is 5.73 Å². The Balaban J connectivity index is 2.03. The van der Waals surface area contributed by atoms with Gasteiger partial charge in [0.05, 0.1) is 10.6 Å². The number of benzene rings is 1. The van der Waals surface area contributed by atoms with Gasteiger partial charge in [0.25, 0.3) is 0 Å². The molecule has 0 bridgehead atoms. The lowest BCUT2D eigenvalue weighted by Crippen LogP contribution is -2.41. The molecule has 0 saturated heterocycles. The molecule has 1 aliphatic rings. The molecule has 4 nitrogen and oxygen atoms in total. The Kier molecular flexibility index (Phi) is 3.63. The molecule has 1 saturated carbocycles. The summed E-state index contributed by atoms with van der Waals surface area (Å²) < 4.78 is 19.9. The summed E-state index contributed by atoms with van der Waals surface area (Å²) in [6.07, 6.45) is 3.74. The molecule has 1 aromatic carbocycles. The van der Waals surface area contributed by atoms with Gasteiger partial charge in [-0.2, -0.15) is 5.10 Å². The molecule has 0 radical (unpaired) electrons. The summed E-state index contributed by atoms with van der Waals surface area (Å²) in [7, 11) is 1.71. The van der Waals surface area contributed by atoms with Gasteiger partial charge in [-0.1, -0.05) is 23.7 Å². The summed E-state index contributed by atoms with van der Waals surface area (Å²) in [6.45, 7) is 0. The van der Waals surface area contributed by atoms with Crippen LogP contribution in [0.2, 0.25) is 5.02 Å². The molecule has 3 rings (SSSR count). The lowest BCUT2D eigenvalue weighted by molar-refractivity contribution is -0.0713. The van der Waals surface area contributed by atoms with E-state index in [0.717, 1.165) is 25.0 Å². The van der Waals surface area contributed by atoms with Crippen molar-refractivity contribution in [1.29, 1.82) is 0 Å². The normalized spacial score (nSPS) is 16.7. The van der Waals surface area contributed by atoms with E-state index < -0.39 is 5.82 Å². The molecule has 0 atom stereocenters. The largest absolute Gasteiger partial charge is 0.382 e. The van der Waals surface area contributed by atoms with E-state index >= 15 is 0 Å². The van der Waals surface area contributed by atoms with Crippen molar-refractivity contribution in [2.75, 3.05) is 12.8 Å². The van der Waals surface area contributed by atoms with Gasteiger partial charge in [-0.3, -0.25) is 5.10 Å². The third-order valence-corrected chi connectivity index (χ3v) is 4.58. The zero-order valence-electron chi connectivity index (χ0n) is 11.7. The van der Waals surface area contributed by atoms with Crippen molar-refractivity contribution >= 4 is 17.4 Å². The summed E-state index contributed by atoms with van der Waals surface area (Å²) >= 11 is 5.86. The zero-order chi connectivity index (χ0) is 15.0. The fourth-order valence-corrected chi connectivity index (χ4v) is 3.04. The first kappa shape index (κ1) is 14.4. The number of ether oxygens (including phenoxy) is 1. The molecule has 0 unspecified atom stereocenters. The number of halogens is 2. The first-order valence-corrected chi connectivity index (χ1v) is 7.26. The number of nitrogens with zero attached hydrogens (tertiary/aromatic N) is 1. The number of H-pyrrole nitrogens is 1. The Morgan fingerprint density at radius 3 is 2.86 bits per heavy atom. The van der Waals surface area contributed by atoms with Gasteiger partial charge in [-0.05, 0) is 25.3 Å². The second kappa shape index (κ2) is 5.31. The highest BCUT2D eigenvalue weighted by Gasteiger charge is 2.38. The second-order valence-corrected chi connectivity index (χ2v) is 5.89. The SMILES string of the molecule is COC1(Cc2[nH]nc(N)c2-c2cccc(Cl)c2F)CCC1. The van der Waals surface area contributed by atoms with Crippen LogP contribution in [0.1, 0.15) is 25.0 Å². The van der Waals surface area contributed by atoms with Crippen LogP contribution in [0, 0.1) is 5.82 Å². The average Bonchev–Trinajstić information content (AvgIpc) is 2.78. The van der Waals surface area contributed by atoms with Crippen molar-refractivity contribution in [2.24, 2.45) is 0 Å². The molecule has 0 spiro atoms. The number of aromatic nitrogens is 2. The van der Waals surface area contributed by atoms with E-state index in [0.29, 0.717) is 17.5 Å². The van der Waals surface area contributed by atoms with E-state index in [1.54, 1.807) is 19.2 Å². The number of hydrogen-bond donors (Lipinski definition) is 2. The second-order valence-electron chi connectivity index (χ2n) is 5.48. The standard InChI is InChI=1S/C15H17ClFN3O/c1-21-15(6-3-7-15)8-11-12(14(18)20-19-11)9-4-2-5-10(16)13(9)17/h2,4-5H,3,6-8H2,1H3,(H3,18,19,20). The van der Waals surface area contributed by atoms with Gasteiger partial charge in [0.2, 0.25) is 0 Å². The minimum atomic E-state index is -0.478. The maximum atomic E-state index is 14.3. The molecule has 21 heavy (non-hydrogen) atoms. The van der Waals surface area contributed by atoms with Crippen LogP contribution in [0.25, 0.3) is 11.1 Å². The van der Waals surface area contributed by atoms with Gasteiger partial charge < -0.3 is 10.5 Å². The van der Waals surface area contributed by atoms with E-state index in [2.05, 4.69) is 10.2 Å². The van der Waals surface area contributed by atoms with Crippen LogP contribution in [0.5, 0.6) is 0 Å². The van der Waals surface area contributed by atoms with Gasteiger partial charge in [-0.15, -0.1) is 0 Å². The van der Waals surface area contributed by atoms with E-state index in [-0.39, 0.29) is 16.4 Å². The third kappa shape index (κ3) is 2.40. The van der Waals surface area contributed by atoms with Crippen molar-refractivity contribution in [3.05, 3.63) is 34.7 Å². The lowest BCUT2D eigenvalue weighted by atomic mass is 9.76. The Bertz CT molecular complexity index is 661. The predicted octanol–water partition coefficient (Wildman–Crippen LogP) is 3.56. The van der Waals surface area contributed by atoms with Crippen molar-refractivity contribution < 1.29 is 9.13 Å². The van der Waals surface area contributed by atoms with Crippen LogP contribution >= 0.6 is 11.6 Å². The van der Waals surface area contributed by atoms with Gasteiger partial charge in [0.15, 0.2) is 5.82 Å². The summed E-state index contributed by atoms with van der Waals surface area (Å²) in [5.41, 5.74) is 7.47. The number of hydrogen-bond acceptors (Lipinski definition) is 3. The fraction of sp³-hybridized carbons (Fsp3) is 0.400. The Labute approximate surface area is 127 Å². The number of rotatable bonds is 4. The van der Waals surface area contributed by atoms with Crippen LogP contribution in [-0.4, -0.2) is 22.9 Å². The van der Waals surface area contributed by atoms with Gasteiger partial charge in [-0.25, -0.2) is 4.39 Å². The van der Waals surface area contributed by atoms with Gasteiger partial charge >= 0.3 is 0 Å². The lowest BCUT2D eigenvalue weighted by Gasteiger charge is -2.40. The molecule has 6 heteroatoms. The Morgan fingerprint density at radius 1 is 1.48 bits per heavy atom. The Morgan fingerprint density at radius 2 is 2.24 bits per heavy atom. The number of nitrogen functional groups attached to an aromatic ring is 1. The molecule has 1 fully saturated rings. The van der Waals surface area contributed by atoms with Crippen molar-refractivity contribution in [2.45, 2.75) is 31.3 Å². The number of aromatic amines is 1. The average molecular weight is 310 g/mol. The maximum absolute atomic E-state index is 14.3. The van der Waals surface area contributed by atoms with Crippen molar-refractivity contribution in [3.63, 3.8) is 0 Å². The fourth-order valence-electron chi connectivity index (χ4n) is 2.87. The molecule has 1 aliphatic carbocycles. The number of nitrogens with two attached hydrogens (primary N) is 1. The molecular formula is C15H17ClFN3O. The molecular weight excluding hydrogens is 293 g/mol. The summed E-state index contributed by atoms with van der Waals surface area (Å²) in [4.78, 5) is 0. The zero-order valence-corrected chi connectivity index (χ0v) is 12.5. The molecule has 1 aromatic heterocycles. The van der Waals surface area contributed by atoms with Crippen LogP contribution in [-0.2, 0) is 11.2 Å². The molecule has 0 amide bonds. The highest BCUT2D eigenvalue weighted by molar-refractivity contribution is 6.31. The monoisotopic (exact) mass is 309 g/mol. The molecule has 2 aromatic rings. The molecule has 3 N–H and O–H groups in total. The highest BCUT2D eigenvalue weighted by atomic mass is 35.5. The topological polar surface area (TPSA) is 63.9 Å². The minimum Gasteiger partial charge on any atom is -0.382 e. The first-order chi connectivity index (χ1) is 10.1. The van der Waals surface area contributed by atoms with Gasteiger partial charge in [0, 0.05) is 30.4 Å². The van der Waals surface area contributed by atoms with E-state index in [1.165, 1.54) is 6.07 Å².